The third-order valence-corrected chi connectivity index (χ3v) is 5.45. The molecule has 1 aliphatic carbocycles. The van der Waals surface area contributed by atoms with Crippen molar-refractivity contribution in [2.24, 2.45) is 0 Å². The fourth-order valence-corrected chi connectivity index (χ4v) is 4.33. The maximum atomic E-state index is 6.52. The number of hydrogen-bond donors (Lipinski definition) is 0. The topological polar surface area (TPSA) is 3.24 Å². The monoisotopic (exact) mass is 355 g/mol. The fraction of sp³-hybridized carbons (Fsp3) is 0.0833. The number of hydrogen-bond acceptors (Lipinski definition) is 1. The average molecular weight is 356 g/mol. The lowest BCUT2D eigenvalue weighted by atomic mass is 9.91. The van der Waals surface area contributed by atoms with Gasteiger partial charge in [-0.2, -0.15) is 0 Å². The van der Waals surface area contributed by atoms with Gasteiger partial charge in [-0.15, -0.1) is 0 Å². The number of allylic oxidation sites excluding steroid dienone is 2. The molecule has 2 unspecified atom stereocenters. The lowest BCUT2D eigenvalue weighted by Crippen LogP contribution is -2.28. The van der Waals surface area contributed by atoms with Gasteiger partial charge in [0.25, 0.3) is 0 Å². The number of benzene rings is 3. The zero-order valence-corrected chi connectivity index (χ0v) is 15.0. The van der Waals surface area contributed by atoms with E-state index in [1.165, 1.54) is 16.8 Å². The van der Waals surface area contributed by atoms with E-state index >= 15 is 0 Å². The molecule has 2 heteroatoms. The summed E-state index contributed by atoms with van der Waals surface area (Å²) in [5.41, 5.74) is 6.10. The minimum Gasteiger partial charge on any atom is -0.333 e. The summed E-state index contributed by atoms with van der Waals surface area (Å²) in [4.78, 5) is 2.42. The van der Waals surface area contributed by atoms with Crippen molar-refractivity contribution in [1.29, 1.82) is 0 Å². The van der Waals surface area contributed by atoms with Crippen LogP contribution in [0.2, 0.25) is 5.02 Å². The molecule has 0 radical (unpaired) electrons. The zero-order chi connectivity index (χ0) is 17.5. The molecular weight excluding hydrogens is 338 g/mol. The van der Waals surface area contributed by atoms with Crippen LogP contribution in [-0.2, 0) is 0 Å². The molecule has 0 N–H and O–H groups in total. The van der Waals surface area contributed by atoms with Gasteiger partial charge in [0.2, 0.25) is 0 Å². The number of anilines is 2. The Morgan fingerprint density at radius 1 is 0.731 bits per heavy atom. The lowest BCUT2D eigenvalue weighted by molar-refractivity contribution is 0.745. The molecule has 2 atom stereocenters. The van der Waals surface area contributed by atoms with Gasteiger partial charge in [-0.1, -0.05) is 84.4 Å². The van der Waals surface area contributed by atoms with Gasteiger partial charge in [0, 0.05) is 22.3 Å². The van der Waals surface area contributed by atoms with Crippen LogP contribution in [0.5, 0.6) is 0 Å². The molecule has 0 saturated heterocycles. The highest BCUT2D eigenvalue weighted by Crippen LogP contribution is 2.48. The summed E-state index contributed by atoms with van der Waals surface area (Å²) >= 11 is 6.52. The smallest absolute Gasteiger partial charge is 0.0629 e. The maximum absolute atomic E-state index is 6.52. The van der Waals surface area contributed by atoms with Gasteiger partial charge in [0.15, 0.2) is 0 Å². The van der Waals surface area contributed by atoms with E-state index in [0.29, 0.717) is 12.0 Å². The van der Waals surface area contributed by atoms with Crippen LogP contribution >= 0.6 is 11.6 Å². The van der Waals surface area contributed by atoms with Crippen LogP contribution in [0, 0.1) is 0 Å². The second-order valence-electron chi connectivity index (χ2n) is 6.78. The third-order valence-electron chi connectivity index (χ3n) is 5.23. The van der Waals surface area contributed by atoms with E-state index in [1.54, 1.807) is 0 Å². The standard InChI is InChI=1S/C24H18ClN/c25-19-14-18(17-8-2-1-3-9-17)15-20(16-19)26-23-12-6-4-10-21(23)22-11-5-7-13-24(22)26/h1-16,21,23H. The molecule has 5 rings (SSSR count). The maximum Gasteiger partial charge on any atom is 0.0629 e. The fourth-order valence-electron chi connectivity index (χ4n) is 4.10. The highest BCUT2D eigenvalue weighted by atomic mass is 35.5. The van der Waals surface area contributed by atoms with Crippen molar-refractivity contribution in [3.05, 3.63) is 108 Å². The Labute approximate surface area is 158 Å². The molecule has 1 heterocycles. The van der Waals surface area contributed by atoms with E-state index in [4.69, 9.17) is 11.6 Å². The average Bonchev–Trinajstić information content (AvgIpc) is 3.03. The van der Waals surface area contributed by atoms with E-state index in [9.17, 15) is 0 Å². The predicted octanol–water partition coefficient (Wildman–Crippen LogP) is 6.74. The van der Waals surface area contributed by atoms with E-state index in [0.717, 1.165) is 16.3 Å². The number of rotatable bonds is 2. The summed E-state index contributed by atoms with van der Waals surface area (Å²) in [6, 6.07) is 25.7. The van der Waals surface area contributed by atoms with Crippen molar-refractivity contribution < 1.29 is 0 Å². The first kappa shape index (κ1) is 15.5. The van der Waals surface area contributed by atoms with Crippen molar-refractivity contribution in [2.45, 2.75) is 12.0 Å². The minimum atomic E-state index is 0.291. The first-order valence-electron chi connectivity index (χ1n) is 8.90. The highest BCUT2D eigenvalue weighted by molar-refractivity contribution is 6.31. The van der Waals surface area contributed by atoms with E-state index in [1.807, 2.05) is 12.1 Å². The van der Waals surface area contributed by atoms with Gasteiger partial charge in [-0.25, -0.2) is 0 Å². The quantitative estimate of drug-likeness (QED) is 0.492. The molecule has 1 nitrogen and oxygen atoms in total. The first-order chi connectivity index (χ1) is 12.8. The van der Waals surface area contributed by atoms with Crippen molar-refractivity contribution >= 4 is 23.0 Å². The van der Waals surface area contributed by atoms with Gasteiger partial charge in [-0.3, -0.25) is 0 Å². The number of halogens is 1. The van der Waals surface area contributed by atoms with Crippen LogP contribution < -0.4 is 4.90 Å². The Bertz CT molecular complexity index is 1020. The summed E-state index contributed by atoms with van der Waals surface area (Å²) < 4.78 is 0. The third kappa shape index (κ3) is 2.48. The van der Waals surface area contributed by atoms with Crippen LogP contribution in [-0.4, -0.2) is 6.04 Å². The van der Waals surface area contributed by atoms with E-state index in [2.05, 4.69) is 89.9 Å². The molecule has 3 aromatic carbocycles. The van der Waals surface area contributed by atoms with Crippen molar-refractivity contribution in [2.75, 3.05) is 4.90 Å². The van der Waals surface area contributed by atoms with E-state index in [-0.39, 0.29) is 0 Å². The van der Waals surface area contributed by atoms with Crippen LogP contribution in [0.3, 0.4) is 0 Å². The first-order valence-corrected chi connectivity index (χ1v) is 9.28. The normalized spacial score (nSPS) is 20.1. The Morgan fingerprint density at radius 2 is 1.50 bits per heavy atom. The molecule has 3 aromatic rings. The van der Waals surface area contributed by atoms with Gasteiger partial charge in [0.1, 0.15) is 0 Å². The molecule has 0 bridgehead atoms. The molecule has 126 valence electrons. The predicted molar refractivity (Wildman–Crippen MR) is 110 cm³/mol. The van der Waals surface area contributed by atoms with Gasteiger partial charge in [0.05, 0.1) is 6.04 Å². The molecule has 0 spiro atoms. The largest absolute Gasteiger partial charge is 0.333 e. The minimum absolute atomic E-state index is 0.291. The summed E-state index contributed by atoms with van der Waals surface area (Å²) in [6.07, 6.45) is 8.87. The summed E-state index contributed by atoms with van der Waals surface area (Å²) in [5.74, 6) is 0.385. The van der Waals surface area contributed by atoms with Crippen LogP contribution in [0.25, 0.3) is 11.1 Å². The molecule has 0 saturated carbocycles. The Morgan fingerprint density at radius 3 is 2.38 bits per heavy atom. The Balaban J connectivity index is 1.67. The number of fused-ring (bicyclic) bond motifs is 3. The van der Waals surface area contributed by atoms with Crippen molar-refractivity contribution in [3.63, 3.8) is 0 Å². The van der Waals surface area contributed by atoms with Gasteiger partial charge in [-0.05, 0) is 41.0 Å². The molecular formula is C24H18ClN. The summed E-state index contributed by atoms with van der Waals surface area (Å²) in [5, 5.41) is 0.762. The number of para-hydroxylation sites is 1. The summed E-state index contributed by atoms with van der Waals surface area (Å²) in [6.45, 7) is 0. The molecule has 0 amide bonds. The van der Waals surface area contributed by atoms with Crippen LogP contribution in [0.4, 0.5) is 11.4 Å². The molecule has 1 aliphatic heterocycles. The lowest BCUT2D eigenvalue weighted by Gasteiger charge is -2.29. The van der Waals surface area contributed by atoms with Crippen molar-refractivity contribution in [3.8, 4) is 11.1 Å². The zero-order valence-electron chi connectivity index (χ0n) is 14.2. The number of nitrogens with zero attached hydrogens (tertiary/aromatic N) is 1. The van der Waals surface area contributed by atoms with Crippen LogP contribution in [0.1, 0.15) is 11.5 Å². The van der Waals surface area contributed by atoms with Crippen molar-refractivity contribution in [1.82, 2.24) is 0 Å². The molecule has 0 aromatic heterocycles. The van der Waals surface area contributed by atoms with E-state index < -0.39 is 0 Å². The van der Waals surface area contributed by atoms with Crippen LogP contribution in [0.15, 0.2) is 97.1 Å². The SMILES string of the molecule is Clc1cc(-c2ccccc2)cc(N2c3ccccc3C3C=CC=CC32)c1. The molecule has 2 aliphatic rings. The Kier molecular flexibility index (Phi) is 3.69. The molecule has 26 heavy (non-hydrogen) atoms. The Hall–Kier alpha value is -2.77. The molecule has 0 fully saturated rings. The second-order valence-corrected chi connectivity index (χ2v) is 7.22. The van der Waals surface area contributed by atoms with Gasteiger partial charge >= 0.3 is 0 Å². The van der Waals surface area contributed by atoms with Gasteiger partial charge < -0.3 is 4.90 Å². The summed E-state index contributed by atoms with van der Waals surface area (Å²) in [7, 11) is 0. The highest BCUT2D eigenvalue weighted by Gasteiger charge is 2.37. The second kappa shape index (κ2) is 6.19.